The third-order valence-electron chi connectivity index (χ3n) is 5.04. The van der Waals surface area contributed by atoms with Crippen LogP contribution in [0.5, 0.6) is 0 Å². The summed E-state index contributed by atoms with van der Waals surface area (Å²) in [4.78, 5) is 12.8. The molecule has 0 saturated heterocycles. The molecule has 1 unspecified atom stereocenters. The lowest BCUT2D eigenvalue weighted by molar-refractivity contribution is 0.0927. The Morgan fingerprint density at radius 3 is 2.77 bits per heavy atom. The van der Waals surface area contributed by atoms with Gasteiger partial charge < -0.3 is 11.1 Å². The van der Waals surface area contributed by atoms with Gasteiger partial charge >= 0.3 is 0 Å². The fraction of sp³-hybridized carbons (Fsp3) is 0.444. The molecule has 1 fully saturated rings. The first-order valence-corrected chi connectivity index (χ1v) is 9.41. The Labute approximate surface area is 168 Å². The summed E-state index contributed by atoms with van der Waals surface area (Å²) in [6.07, 6.45) is 5.03. The summed E-state index contributed by atoms with van der Waals surface area (Å²) in [5, 5.41) is 8.76. The van der Waals surface area contributed by atoms with Crippen LogP contribution in [0.1, 0.15) is 41.0 Å². The Kier molecular flexibility index (Phi) is 5.82. The van der Waals surface area contributed by atoms with Crippen molar-refractivity contribution in [2.75, 3.05) is 6.54 Å². The molecule has 1 heterocycles. The van der Waals surface area contributed by atoms with E-state index < -0.39 is 0 Å². The molecule has 1 aromatic heterocycles. The zero-order chi connectivity index (χ0) is 17.6. The maximum Gasteiger partial charge on any atom is 0.272 e. The average Bonchev–Trinajstić information content (AvgIpc) is 3.20. The molecule has 2 aliphatic rings. The van der Waals surface area contributed by atoms with Gasteiger partial charge in [-0.15, -0.1) is 12.4 Å². The molecule has 2 aliphatic carbocycles. The highest BCUT2D eigenvalue weighted by Gasteiger charge is 2.34. The first kappa shape index (κ1) is 19.5. The molecule has 3 N–H and O–H groups in total. The number of carbonyl (C=O) groups excluding carboxylic acids is 1. The molecule has 5 nitrogen and oxygen atoms in total. The summed E-state index contributed by atoms with van der Waals surface area (Å²) < 4.78 is 1.80. The van der Waals surface area contributed by atoms with Crippen LogP contribution in [0.15, 0.2) is 18.2 Å². The van der Waals surface area contributed by atoms with E-state index in [2.05, 4.69) is 10.4 Å². The number of carbonyl (C=O) groups is 1. The van der Waals surface area contributed by atoms with Crippen molar-refractivity contribution in [3.8, 4) is 5.69 Å². The number of hydrogen-bond donors (Lipinski definition) is 2. The van der Waals surface area contributed by atoms with Crippen molar-refractivity contribution < 1.29 is 4.79 Å². The molecule has 0 spiro atoms. The van der Waals surface area contributed by atoms with Crippen LogP contribution in [0.2, 0.25) is 10.0 Å². The van der Waals surface area contributed by atoms with Gasteiger partial charge in [-0.3, -0.25) is 4.79 Å². The molecule has 26 heavy (non-hydrogen) atoms. The van der Waals surface area contributed by atoms with E-state index in [0.29, 0.717) is 28.2 Å². The van der Waals surface area contributed by atoms with Crippen molar-refractivity contribution in [3.05, 3.63) is 45.2 Å². The summed E-state index contributed by atoms with van der Waals surface area (Å²) >= 11 is 12.3. The molecule has 1 amide bonds. The third kappa shape index (κ3) is 3.58. The predicted molar refractivity (Wildman–Crippen MR) is 106 cm³/mol. The van der Waals surface area contributed by atoms with Gasteiger partial charge in [0.25, 0.3) is 5.91 Å². The zero-order valence-electron chi connectivity index (χ0n) is 14.2. The van der Waals surface area contributed by atoms with E-state index in [4.69, 9.17) is 28.9 Å². The average molecular weight is 416 g/mol. The lowest BCUT2D eigenvalue weighted by atomic mass is 10.1. The molecule has 140 valence electrons. The number of nitrogens with zero attached hydrogens (tertiary/aromatic N) is 2. The molecular weight excluding hydrogens is 395 g/mol. The van der Waals surface area contributed by atoms with Crippen molar-refractivity contribution >= 4 is 41.5 Å². The second-order valence-electron chi connectivity index (χ2n) is 6.79. The number of halogens is 3. The number of rotatable bonds is 5. The van der Waals surface area contributed by atoms with Gasteiger partial charge in [-0.25, -0.2) is 4.68 Å². The maximum absolute atomic E-state index is 12.8. The molecule has 4 rings (SSSR count). The standard InChI is InChI=1S/C18H20Cl2N4O.ClH/c19-11-6-7-16(13(20)8-11)24-15-3-1-2-12(15)17(23-24)18(25)22-14(9-21)10-4-5-10;/h6-8,10,14H,1-5,9,21H2,(H,22,25);1H. The molecule has 2 aromatic rings. The number of benzene rings is 1. The van der Waals surface area contributed by atoms with Crippen LogP contribution in [-0.4, -0.2) is 28.3 Å². The van der Waals surface area contributed by atoms with Gasteiger partial charge in [-0.1, -0.05) is 23.2 Å². The highest BCUT2D eigenvalue weighted by atomic mass is 35.5. The minimum absolute atomic E-state index is 0. The molecule has 0 bridgehead atoms. The van der Waals surface area contributed by atoms with Gasteiger partial charge in [0.05, 0.1) is 10.7 Å². The Bertz CT molecular complexity index is 832. The van der Waals surface area contributed by atoms with E-state index in [9.17, 15) is 4.79 Å². The number of aromatic nitrogens is 2. The van der Waals surface area contributed by atoms with E-state index in [1.54, 1.807) is 16.8 Å². The first-order valence-electron chi connectivity index (χ1n) is 8.65. The molecule has 0 aliphatic heterocycles. The molecule has 1 aromatic carbocycles. The van der Waals surface area contributed by atoms with Crippen molar-refractivity contribution in [1.29, 1.82) is 0 Å². The minimum atomic E-state index is -0.135. The van der Waals surface area contributed by atoms with Crippen LogP contribution in [0.3, 0.4) is 0 Å². The van der Waals surface area contributed by atoms with E-state index in [1.807, 2.05) is 6.07 Å². The smallest absolute Gasteiger partial charge is 0.272 e. The van der Waals surface area contributed by atoms with E-state index in [-0.39, 0.29) is 24.4 Å². The Hall–Kier alpha value is -1.27. The lowest BCUT2D eigenvalue weighted by Crippen LogP contribution is -2.42. The van der Waals surface area contributed by atoms with Gasteiger partial charge in [0.15, 0.2) is 5.69 Å². The van der Waals surface area contributed by atoms with Crippen molar-refractivity contribution in [2.24, 2.45) is 11.7 Å². The van der Waals surface area contributed by atoms with Crippen LogP contribution in [0.25, 0.3) is 5.69 Å². The Morgan fingerprint density at radius 2 is 2.12 bits per heavy atom. The monoisotopic (exact) mass is 414 g/mol. The van der Waals surface area contributed by atoms with E-state index in [1.165, 1.54) is 0 Å². The Balaban J connectivity index is 0.00000196. The van der Waals surface area contributed by atoms with Gasteiger partial charge in [-0.2, -0.15) is 5.10 Å². The minimum Gasteiger partial charge on any atom is -0.346 e. The number of amides is 1. The maximum atomic E-state index is 12.8. The number of nitrogens with one attached hydrogen (secondary N) is 1. The first-order chi connectivity index (χ1) is 12.1. The highest BCUT2D eigenvalue weighted by molar-refractivity contribution is 6.35. The molecule has 1 atom stereocenters. The van der Waals surface area contributed by atoms with Crippen molar-refractivity contribution in [3.63, 3.8) is 0 Å². The van der Waals surface area contributed by atoms with E-state index in [0.717, 1.165) is 49.0 Å². The number of fused-ring (bicyclic) bond motifs is 1. The molecular formula is C18H21Cl3N4O. The second kappa shape index (κ2) is 7.77. The highest BCUT2D eigenvalue weighted by Crippen LogP contribution is 2.34. The fourth-order valence-electron chi connectivity index (χ4n) is 3.58. The van der Waals surface area contributed by atoms with Crippen molar-refractivity contribution in [1.82, 2.24) is 15.1 Å². The van der Waals surface area contributed by atoms with Crippen LogP contribution < -0.4 is 11.1 Å². The summed E-state index contributed by atoms with van der Waals surface area (Å²) in [5.74, 6) is 0.374. The predicted octanol–water partition coefficient (Wildman–Crippen LogP) is 3.56. The lowest BCUT2D eigenvalue weighted by Gasteiger charge is -2.15. The molecule has 8 heteroatoms. The van der Waals surface area contributed by atoms with Gasteiger partial charge in [0.2, 0.25) is 0 Å². The van der Waals surface area contributed by atoms with Crippen molar-refractivity contribution in [2.45, 2.75) is 38.1 Å². The van der Waals surface area contributed by atoms with Crippen LogP contribution in [0, 0.1) is 5.92 Å². The summed E-state index contributed by atoms with van der Waals surface area (Å²) in [7, 11) is 0. The fourth-order valence-corrected chi connectivity index (χ4v) is 4.07. The van der Waals surface area contributed by atoms with Crippen LogP contribution >= 0.6 is 35.6 Å². The second-order valence-corrected chi connectivity index (χ2v) is 7.63. The zero-order valence-corrected chi connectivity index (χ0v) is 16.5. The SMILES string of the molecule is Cl.NCC(NC(=O)c1nn(-c2ccc(Cl)cc2Cl)c2c1CCC2)C1CC1. The summed E-state index contributed by atoms with van der Waals surface area (Å²) in [5.41, 5.74) is 9.14. The van der Waals surface area contributed by atoms with Crippen LogP contribution in [0.4, 0.5) is 0 Å². The van der Waals surface area contributed by atoms with E-state index >= 15 is 0 Å². The Morgan fingerprint density at radius 1 is 1.35 bits per heavy atom. The summed E-state index contributed by atoms with van der Waals surface area (Å²) in [6, 6.07) is 5.35. The quantitative estimate of drug-likeness (QED) is 0.784. The van der Waals surface area contributed by atoms with Gasteiger partial charge in [-0.05, 0) is 56.2 Å². The van der Waals surface area contributed by atoms with Crippen LogP contribution in [-0.2, 0) is 12.8 Å². The number of nitrogens with two attached hydrogens (primary N) is 1. The normalized spacial score (nSPS) is 16.7. The molecule has 1 saturated carbocycles. The van der Waals surface area contributed by atoms with Gasteiger partial charge in [0.1, 0.15) is 0 Å². The topological polar surface area (TPSA) is 72.9 Å². The third-order valence-corrected chi connectivity index (χ3v) is 5.58. The largest absolute Gasteiger partial charge is 0.346 e. The molecule has 0 radical (unpaired) electrons. The van der Waals surface area contributed by atoms with Gasteiger partial charge in [0, 0.05) is 28.9 Å². The summed E-state index contributed by atoms with van der Waals surface area (Å²) in [6.45, 7) is 0.461. The number of hydrogen-bond acceptors (Lipinski definition) is 3.